The molecule has 0 radical (unpaired) electrons. The third-order valence-corrected chi connectivity index (χ3v) is 3.80. The summed E-state index contributed by atoms with van der Waals surface area (Å²) in [6.07, 6.45) is 3.66. The molecule has 1 aliphatic heterocycles. The van der Waals surface area contributed by atoms with E-state index < -0.39 is 0 Å². The van der Waals surface area contributed by atoms with E-state index in [0.29, 0.717) is 5.82 Å². The summed E-state index contributed by atoms with van der Waals surface area (Å²) in [4.78, 5) is 8.48. The van der Waals surface area contributed by atoms with Crippen molar-refractivity contribution in [2.75, 3.05) is 24.2 Å². The molecule has 0 spiro atoms. The molecule has 0 atom stereocenters. The number of nitrogens with zero attached hydrogens (tertiary/aromatic N) is 2. The van der Waals surface area contributed by atoms with Crippen molar-refractivity contribution in [1.82, 2.24) is 9.97 Å². The first-order chi connectivity index (χ1) is 10.2. The highest BCUT2D eigenvalue weighted by Gasteiger charge is 2.17. The lowest BCUT2D eigenvalue weighted by atomic mass is 9.96. The zero-order valence-electron chi connectivity index (χ0n) is 12.1. The summed E-state index contributed by atoms with van der Waals surface area (Å²) in [5, 5.41) is 16.2. The fourth-order valence-electron chi connectivity index (χ4n) is 2.74. The monoisotopic (exact) mass is 282 g/mol. The summed E-state index contributed by atoms with van der Waals surface area (Å²) in [6.45, 7) is 2.88. The van der Waals surface area contributed by atoms with E-state index in [4.69, 9.17) is 0 Å². The molecule has 21 heavy (non-hydrogen) atoms. The summed E-state index contributed by atoms with van der Waals surface area (Å²) in [6, 6.07) is 6.17. The molecule has 3 rings (SSSR count). The SMILES string of the molecule is CNc1ncnc(C)c1/C(=C\O)c1ccc2c(c1)CCN2. The highest BCUT2D eigenvalue weighted by Crippen LogP contribution is 2.32. The Morgan fingerprint density at radius 2 is 2.24 bits per heavy atom. The van der Waals surface area contributed by atoms with Gasteiger partial charge in [-0.2, -0.15) is 0 Å². The average molecular weight is 282 g/mol. The van der Waals surface area contributed by atoms with Crippen LogP contribution < -0.4 is 10.6 Å². The van der Waals surface area contributed by atoms with Crippen molar-refractivity contribution in [3.63, 3.8) is 0 Å². The molecule has 2 heterocycles. The van der Waals surface area contributed by atoms with Crippen LogP contribution in [0.4, 0.5) is 11.5 Å². The van der Waals surface area contributed by atoms with Crippen LogP contribution in [0.1, 0.15) is 22.4 Å². The first-order valence-electron chi connectivity index (χ1n) is 6.96. The lowest BCUT2D eigenvalue weighted by molar-refractivity contribution is 0.476. The molecular formula is C16H18N4O. The lowest BCUT2D eigenvalue weighted by Crippen LogP contribution is -2.04. The van der Waals surface area contributed by atoms with Crippen LogP contribution in [-0.2, 0) is 6.42 Å². The normalized spacial score (nSPS) is 13.7. The standard InChI is InChI=1S/C16H18N4O/c1-10-15(16(17-2)20-9-19-10)13(8-21)11-3-4-14-12(7-11)5-6-18-14/h3-4,7-9,18,21H,5-6H2,1-2H3,(H,17,19,20)/b13-8-. The molecule has 5 nitrogen and oxygen atoms in total. The molecule has 0 fully saturated rings. The zero-order chi connectivity index (χ0) is 14.8. The molecule has 0 saturated carbocycles. The van der Waals surface area contributed by atoms with Crippen LogP contribution in [-0.4, -0.2) is 28.7 Å². The smallest absolute Gasteiger partial charge is 0.137 e. The number of aryl methyl sites for hydroxylation is 1. The van der Waals surface area contributed by atoms with Crippen LogP contribution in [0.3, 0.4) is 0 Å². The lowest BCUT2D eigenvalue weighted by Gasteiger charge is -2.14. The molecule has 0 amide bonds. The van der Waals surface area contributed by atoms with Gasteiger partial charge in [-0.1, -0.05) is 6.07 Å². The number of aliphatic hydroxyl groups is 1. The number of hydrogen-bond acceptors (Lipinski definition) is 5. The molecule has 0 aliphatic carbocycles. The summed E-state index contributed by atoms with van der Waals surface area (Å²) >= 11 is 0. The second kappa shape index (κ2) is 5.44. The molecule has 2 aromatic rings. The van der Waals surface area contributed by atoms with E-state index in [1.54, 1.807) is 0 Å². The first-order valence-corrected chi connectivity index (χ1v) is 6.96. The van der Waals surface area contributed by atoms with Gasteiger partial charge in [0.2, 0.25) is 0 Å². The van der Waals surface area contributed by atoms with Crippen molar-refractivity contribution in [2.24, 2.45) is 0 Å². The van der Waals surface area contributed by atoms with Crippen LogP contribution in [0, 0.1) is 6.92 Å². The van der Waals surface area contributed by atoms with Gasteiger partial charge in [0.25, 0.3) is 0 Å². The van der Waals surface area contributed by atoms with Crippen molar-refractivity contribution >= 4 is 17.1 Å². The molecule has 1 aliphatic rings. The third kappa shape index (κ3) is 2.31. The summed E-state index contributed by atoms with van der Waals surface area (Å²) in [5.41, 5.74) is 5.79. The Kier molecular flexibility index (Phi) is 3.48. The Morgan fingerprint density at radius 3 is 3.00 bits per heavy atom. The van der Waals surface area contributed by atoms with E-state index >= 15 is 0 Å². The second-order valence-electron chi connectivity index (χ2n) is 5.02. The predicted molar refractivity (Wildman–Crippen MR) is 84.7 cm³/mol. The molecule has 0 unspecified atom stereocenters. The largest absolute Gasteiger partial charge is 0.515 e. The minimum atomic E-state index is 0.710. The number of rotatable bonds is 3. The molecule has 1 aromatic carbocycles. The van der Waals surface area contributed by atoms with Crippen LogP contribution in [0.2, 0.25) is 0 Å². The molecule has 0 saturated heterocycles. The zero-order valence-corrected chi connectivity index (χ0v) is 12.1. The summed E-state index contributed by atoms with van der Waals surface area (Å²) < 4.78 is 0. The maximum absolute atomic E-state index is 9.76. The minimum absolute atomic E-state index is 0.710. The average Bonchev–Trinajstić information content (AvgIpc) is 2.97. The fourth-order valence-corrected chi connectivity index (χ4v) is 2.74. The van der Waals surface area contributed by atoms with Crippen LogP contribution >= 0.6 is 0 Å². The number of aliphatic hydroxyl groups excluding tert-OH is 1. The van der Waals surface area contributed by atoms with Gasteiger partial charge in [0, 0.05) is 30.4 Å². The van der Waals surface area contributed by atoms with Crippen LogP contribution in [0.25, 0.3) is 5.57 Å². The van der Waals surface area contributed by atoms with E-state index in [1.807, 2.05) is 20.0 Å². The van der Waals surface area contributed by atoms with E-state index in [-0.39, 0.29) is 0 Å². The minimum Gasteiger partial charge on any atom is -0.515 e. The van der Waals surface area contributed by atoms with Gasteiger partial charge >= 0.3 is 0 Å². The van der Waals surface area contributed by atoms with Crippen LogP contribution in [0.5, 0.6) is 0 Å². The Morgan fingerprint density at radius 1 is 1.38 bits per heavy atom. The second-order valence-corrected chi connectivity index (χ2v) is 5.02. The summed E-state index contributed by atoms with van der Waals surface area (Å²) in [5.74, 6) is 0.710. The maximum Gasteiger partial charge on any atom is 0.137 e. The molecule has 3 N–H and O–H groups in total. The number of aromatic nitrogens is 2. The van der Waals surface area contributed by atoms with Gasteiger partial charge in [-0.3, -0.25) is 0 Å². The van der Waals surface area contributed by atoms with Gasteiger partial charge in [0.15, 0.2) is 0 Å². The van der Waals surface area contributed by atoms with Gasteiger partial charge in [0.05, 0.1) is 12.0 Å². The Bertz CT molecular complexity index is 709. The molecule has 108 valence electrons. The third-order valence-electron chi connectivity index (χ3n) is 3.80. The van der Waals surface area contributed by atoms with Crippen molar-refractivity contribution < 1.29 is 5.11 Å². The summed E-state index contributed by atoms with van der Waals surface area (Å²) in [7, 11) is 1.81. The van der Waals surface area contributed by atoms with E-state index in [1.165, 1.54) is 17.6 Å². The van der Waals surface area contributed by atoms with Crippen molar-refractivity contribution in [2.45, 2.75) is 13.3 Å². The Hall–Kier alpha value is -2.56. The fraction of sp³-hybridized carbons (Fsp3) is 0.250. The van der Waals surface area contributed by atoms with Crippen molar-refractivity contribution in [3.8, 4) is 0 Å². The molecule has 5 heteroatoms. The van der Waals surface area contributed by atoms with Gasteiger partial charge in [-0.05, 0) is 36.6 Å². The highest BCUT2D eigenvalue weighted by atomic mass is 16.2. The van der Waals surface area contributed by atoms with Crippen LogP contribution in [0.15, 0.2) is 30.8 Å². The Balaban J connectivity index is 2.12. The number of fused-ring (bicyclic) bond motifs is 1. The first kappa shape index (κ1) is 13.4. The van der Waals surface area contributed by atoms with Crippen molar-refractivity contribution in [3.05, 3.63) is 53.2 Å². The maximum atomic E-state index is 9.76. The number of nitrogens with one attached hydrogen (secondary N) is 2. The topological polar surface area (TPSA) is 70.1 Å². The van der Waals surface area contributed by atoms with Gasteiger partial charge in [0.1, 0.15) is 12.1 Å². The Labute approximate surface area is 123 Å². The number of benzene rings is 1. The molecule has 1 aromatic heterocycles. The predicted octanol–water partition coefficient (Wildman–Crippen LogP) is 2.74. The van der Waals surface area contributed by atoms with E-state index in [9.17, 15) is 5.11 Å². The highest BCUT2D eigenvalue weighted by molar-refractivity contribution is 5.86. The van der Waals surface area contributed by atoms with Gasteiger partial charge in [-0.25, -0.2) is 9.97 Å². The van der Waals surface area contributed by atoms with Gasteiger partial charge < -0.3 is 15.7 Å². The number of anilines is 2. The van der Waals surface area contributed by atoms with Crippen molar-refractivity contribution in [1.29, 1.82) is 0 Å². The molecule has 0 bridgehead atoms. The molecular weight excluding hydrogens is 264 g/mol. The quantitative estimate of drug-likeness (QED) is 0.755. The number of hydrogen-bond donors (Lipinski definition) is 3. The van der Waals surface area contributed by atoms with Gasteiger partial charge in [-0.15, -0.1) is 0 Å². The van der Waals surface area contributed by atoms with E-state index in [2.05, 4.69) is 32.7 Å². The van der Waals surface area contributed by atoms with E-state index in [0.717, 1.165) is 41.6 Å².